The van der Waals surface area contributed by atoms with Crippen LogP contribution in [0.4, 0.5) is 26.3 Å². The Kier molecular flexibility index (Phi) is 15.7. The van der Waals surface area contributed by atoms with E-state index in [0.717, 1.165) is 27.7 Å². The van der Waals surface area contributed by atoms with E-state index >= 15 is 0 Å². The predicted octanol–water partition coefficient (Wildman–Crippen LogP) is 6.03. The van der Waals surface area contributed by atoms with Crippen LogP contribution in [0.5, 0.6) is 5.75 Å². The molecule has 0 unspecified atom stereocenters. The number of carboxylic acid groups (broad SMARTS) is 2. The number of ether oxygens (including phenoxy) is 1. The zero-order valence-electron chi connectivity index (χ0n) is 29.0. The fraction of sp³-hybridized carbons (Fsp3) is 0.270. The van der Waals surface area contributed by atoms with Crippen LogP contribution in [0.1, 0.15) is 33.6 Å². The number of pyridine rings is 1. The van der Waals surface area contributed by atoms with E-state index in [2.05, 4.69) is 27.4 Å². The minimum atomic E-state index is -5.08. The van der Waals surface area contributed by atoms with Crippen LogP contribution >= 0.6 is 0 Å². The van der Waals surface area contributed by atoms with Crippen LogP contribution in [0.25, 0.3) is 17.0 Å². The maximum atomic E-state index is 13.2. The third-order valence-electron chi connectivity index (χ3n) is 7.86. The van der Waals surface area contributed by atoms with E-state index in [4.69, 9.17) is 24.5 Å². The number of carbonyl (C=O) groups excluding carboxylic acids is 2. The number of hydrogen-bond donors (Lipinski definition) is 5. The van der Waals surface area contributed by atoms with Gasteiger partial charge in [-0.25, -0.2) is 15.1 Å². The maximum absolute atomic E-state index is 13.2. The normalized spacial score (nSPS) is 15.9. The molecule has 12 nitrogen and oxygen atoms in total. The van der Waals surface area contributed by atoms with E-state index in [1.165, 1.54) is 0 Å². The number of fused-ring (bicyclic) bond motifs is 1. The number of likely N-dealkylation sites (tertiary alicyclic amines) is 1. The van der Waals surface area contributed by atoms with Gasteiger partial charge in [-0.15, -0.1) is 0 Å². The van der Waals surface area contributed by atoms with Crippen molar-refractivity contribution in [3.8, 4) is 5.75 Å². The second kappa shape index (κ2) is 19.9. The summed E-state index contributed by atoms with van der Waals surface area (Å²) in [7, 11) is 0. The number of halogens is 6. The van der Waals surface area contributed by atoms with Gasteiger partial charge in [0.1, 0.15) is 12.4 Å². The van der Waals surface area contributed by atoms with Gasteiger partial charge in [0.25, 0.3) is 5.91 Å². The molecule has 2 atom stereocenters. The van der Waals surface area contributed by atoms with Crippen molar-refractivity contribution in [1.82, 2.24) is 20.7 Å². The van der Waals surface area contributed by atoms with Gasteiger partial charge in [0, 0.05) is 35.3 Å². The molecule has 0 radical (unpaired) electrons. The molecular weight excluding hydrogens is 742 g/mol. The Morgan fingerprint density at radius 2 is 1.47 bits per heavy atom. The molecule has 5 N–H and O–H groups in total. The van der Waals surface area contributed by atoms with Crippen LogP contribution in [0.15, 0.2) is 91.0 Å². The Labute approximate surface area is 310 Å². The molecular formula is C37H36F6N4O8. The summed E-state index contributed by atoms with van der Waals surface area (Å²) in [6, 6.07) is 26.5. The van der Waals surface area contributed by atoms with E-state index < -0.39 is 42.2 Å². The number of piperidine rings is 1. The van der Waals surface area contributed by atoms with E-state index in [-0.39, 0.29) is 5.91 Å². The number of aromatic nitrogens is 1. The Balaban J connectivity index is 0.000000494. The van der Waals surface area contributed by atoms with Gasteiger partial charge in [-0.2, -0.15) is 26.3 Å². The number of benzene rings is 3. The van der Waals surface area contributed by atoms with Crippen molar-refractivity contribution in [2.75, 3.05) is 19.6 Å². The zero-order chi connectivity index (χ0) is 40.8. The van der Waals surface area contributed by atoms with Crippen molar-refractivity contribution < 1.29 is 65.7 Å². The SMILES string of the molecule is Cc1cc(COc2ccc(C(=O)N[C@@H]3CN(C/C=C/c4ccccc4)CC[C@@H]3C(=O)NO)cc2)c2ccccc2n1.O=C(O)C(F)(F)F.O=C(O)C(F)(F)F. The summed E-state index contributed by atoms with van der Waals surface area (Å²) >= 11 is 0. The van der Waals surface area contributed by atoms with Gasteiger partial charge in [-0.3, -0.25) is 24.7 Å². The number of aryl methyl sites for hydroxylation is 1. The molecule has 0 saturated carbocycles. The Bertz CT molecular complexity index is 1920. The molecule has 2 heterocycles. The molecule has 1 aliphatic rings. The molecule has 4 aromatic rings. The first kappa shape index (κ1) is 43.4. The highest BCUT2D eigenvalue weighted by Gasteiger charge is 2.39. The van der Waals surface area contributed by atoms with Gasteiger partial charge in [0.15, 0.2) is 0 Å². The molecule has 0 bridgehead atoms. The summed E-state index contributed by atoms with van der Waals surface area (Å²) in [5.74, 6) is -6.17. The van der Waals surface area contributed by atoms with Crippen LogP contribution in [0.2, 0.25) is 0 Å². The molecule has 294 valence electrons. The lowest BCUT2D eigenvalue weighted by Crippen LogP contribution is -2.56. The summed E-state index contributed by atoms with van der Waals surface area (Å²) in [6.07, 6.45) is -5.51. The van der Waals surface area contributed by atoms with Crippen molar-refractivity contribution in [2.24, 2.45) is 5.92 Å². The topological polar surface area (TPSA) is 178 Å². The first-order valence-electron chi connectivity index (χ1n) is 16.3. The fourth-order valence-electron chi connectivity index (χ4n) is 5.26. The van der Waals surface area contributed by atoms with Crippen LogP contribution < -0.4 is 15.5 Å². The van der Waals surface area contributed by atoms with Gasteiger partial charge in [0.2, 0.25) is 5.91 Å². The minimum absolute atomic E-state index is 0.283. The molecule has 55 heavy (non-hydrogen) atoms. The number of nitrogens with one attached hydrogen (secondary N) is 2. The number of amides is 2. The van der Waals surface area contributed by atoms with Gasteiger partial charge in [-0.05, 0) is 61.9 Å². The quantitative estimate of drug-likeness (QED) is 0.0766. The Hall–Kier alpha value is -6.01. The number of carbonyl (C=O) groups is 4. The number of alkyl halides is 6. The lowest BCUT2D eigenvalue weighted by atomic mass is 9.90. The number of carboxylic acids is 2. The number of aliphatic carboxylic acids is 2. The number of hydroxylamine groups is 1. The van der Waals surface area contributed by atoms with Crippen molar-refractivity contribution in [3.63, 3.8) is 0 Å². The molecule has 1 fully saturated rings. The average Bonchev–Trinajstić information content (AvgIpc) is 3.14. The smallest absolute Gasteiger partial charge is 0.489 e. The van der Waals surface area contributed by atoms with Gasteiger partial charge >= 0.3 is 24.3 Å². The van der Waals surface area contributed by atoms with E-state index in [1.54, 1.807) is 29.7 Å². The molecule has 1 aliphatic heterocycles. The number of rotatable bonds is 9. The molecule has 1 aromatic heterocycles. The van der Waals surface area contributed by atoms with Crippen molar-refractivity contribution in [1.29, 1.82) is 0 Å². The minimum Gasteiger partial charge on any atom is -0.489 e. The van der Waals surface area contributed by atoms with Crippen LogP contribution in [0, 0.1) is 12.8 Å². The monoisotopic (exact) mass is 778 g/mol. The standard InChI is InChI=1S/C33H34N4O4.2C2HF3O2/c1-23-20-26(28-11-5-6-12-30(28)34-23)22-41-27-15-13-25(14-16-27)32(38)35-31-21-37(19-17-29(31)33(39)36-40)18-7-10-24-8-3-2-4-9-24;2*3-2(4,5)1(6)7/h2-16,20,29,31,40H,17-19,21-22H2,1H3,(H,35,38)(H,36,39);2*(H,6,7)/b10-7+;;/t29-,31+;;/m0../s1. The largest absolute Gasteiger partial charge is 0.490 e. The van der Waals surface area contributed by atoms with E-state index in [1.807, 2.05) is 67.6 Å². The first-order valence-corrected chi connectivity index (χ1v) is 16.3. The predicted molar refractivity (Wildman–Crippen MR) is 186 cm³/mol. The number of hydrogen-bond acceptors (Lipinski definition) is 8. The van der Waals surface area contributed by atoms with Crippen LogP contribution in [-0.2, 0) is 21.0 Å². The second-order valence-electron chi connectivity index (χ2n) is 11.9. The van der Waals surface area contributed by atoms with Crippen LogP contribution in [-0.4, -0.2) is 87.1 Å². The third kappa shape index (κ3) is 14.1. The summed E-state index contributed by atoms with van der Waals surface area (Å²) in [6.45, 7) is 4.20. The Morgan fingerprint density at radius 3 is 2.05 bits per heavy atom. The summed E-state index contributed by atoms with van der Waals surface area (Å²) < 4.78 is 69.5. The van der Waals surface area contributed by atoms with Crippen molar-refractivity contribution >= 4 is 40.7 Å². The third-order valence-corrected chi connectivity index (χ3v) is 7.86. The molecule has 18 heteroatoms. The maximum Gasteiger partial charge on any atom is 0.490 e. The highest BCUT2D eigenvalue weighted by Crippen LogP contribution is 2.23. The van der Waals surface area contributed by atoms with Gasteiger partial charge < -0.3 is 20.3 Å². The second-order valence-corrected chi connectivity index (χ2v) is 11.9. The Morgan fingerprint density at radius 1 is 0.891 bits per heavy atom. The first-order chi connectivity index (χ1) is 25.9. The molecule has 3 aromatic carbocycles. The molecule has 1 saturated heterocycles. The molecule has 2 amide bonds. The molecule has 0 spiro atoms. The summed E-state index contributed by atoms with van der Waals surface area (Å²) in [5.41, 5.74) is 6.24. The lowest BCUT2D eigenvalue weighted by Gasteiger charge is -2.37. The number of nitrogens with zero attached hydrogens (tertiary/aromatic N) is 2. The van der Waals surface area contributed by atoms with Crippen molar-refractivity contribution in [2.45, 2.75) is 38.3 Å². The zero-order valence-corrected chi connectivity index (χ0v) is 29.0. The molecule has 5 rings (SSSR count). The van der Waals surface area contributed by atoms with Gasteiger partial charge in [-0.1, -0.05) is 60.7 Å². The lowest BCUT2D eigenvalue weighted by molar-refractivity contribution is -0.193. The van der Waals surface area contributed by atoms with Crippen LogP contribution in [0.3, 0.4) is 0 Å². The summed E-state index contributed by atoms with van der Waals surface area (Å²) in [5, 5.41) is 27.6. The average molecular weight is 779 g/mol. The summed E-state index contributed by atoms with van der Waals surface area (Å²) in [4.78, 5) is 50.1. The van der Waals surface area contributed by atoms with Gasteiger partial charge in [0.05, 0.1) is 17.5 Å². The van der Waals surface area contributed by atoms with Crippen molar-refractivity contribution in [3.05, 3.63) is 113 Å². The van der Waals surface area contributed by atoms with E-state index in [9.17, 15) is 41.1 Å². The number of para-hydroxylation sites is 1. The van der Waals surface area contributed by atoms with E-state index in [0.29, 0.717) is 44.0 Å². The highest BCUT2D eigenvalue weighted by molar-refractivity contribution is 5.95. The highest BCUT2D eigenvalue weighted by atomic mass is 19.4. The fourth-order valence-corrected chi connectivity index (χ4v) is 5.26. The molecule has 0 aliphatic carbocycles.